The van der Waals surface area contributed by atoms with Crippen molar-refractivity contribution < 1.29 is 17.9 Å². The molecule has 134 valence electrons. The number of morpholine rings is 1. The Bertz CT molecular complexity index is 503. The van der Waals surface area contributed by atoms with Crippen molar-refractivity contribution in [2.24, 2.45) is 5.92 Å². The lowest BCUT2D eigenvalue weighted by atomic mass is 9.98. The van der Waals surface area contributed by atoms with Crippen LogP contribution in [-0.2, 0) is 14.8 Å². The highest BCUT2D eigenvalue weighted by Gasteiger charge is 2.29. The molecule has 0 aromatic heterocycles. The molecule has 2 heterocycles. The highest BCUT2D eigenvalue weighted by atomic mass is 32.2. The summed E-state index contributed by atoms with van der Waals surface area (Å²) in [5.74, 6) is 0.345. The maximum Gasteiger partial charge on any atom is 0.317 e. The number of rotatable bonds is 4. The van der Waals surface area contributed by atoms with Crippen LogP contribution >= 0.6 is 0 Å². The number of piperidine rings is 1. The fourth-order valence-electron chi connectivity index (χ4n) is 3.22. The predicted octanol–water partition coefficient (Wildman–Crippen LogP) is 0.867. The third-order valence-corrected chi connectivity index (χ3v) is 5.96. The number of carbonyl (C=O) groups is 1. The van der Waals surface area contributed by atoms with Gasteiger partial charge in [-0.3, -0.25) is 0 Å². The number of urea groups is 1. The first-order chi connectivity index (χ1) is 10.8. The third kappa shape index (κ3) is 5.32. The molecule has 2 saturated heterocycles. The van der Waals surface area contributed by atoms with Crippen LogP contribution in [0.5, 0.6) is 0 Å². The maximum absolute atomic E-state index is 12.3. The summed E-state index contributed by atoms with van der Waals surface area (Å²) in [7, 11) is -3.09. The third-order valence-electron chi connectivity index (χ3n) is 4.65. The molecule has 0 spiro atoms. The molecule has 2 aliphatic rings. The van der Waals surface area contributed by atoms with E-state index in [0.717, 1.165) is 19.3 Å². The van der Waals surface area contributed by atoms with Crippen LogP contribution < -0.4 is 5.32 Å². The topological polar surface area (TPSA) is 79.0 Å². The minimum Gasteiger partial charge on any atom is -0.372 e. The Morgan fingerprint density at radius 2 is 1.91 bits per heavy atom. The van der Waals surface area contributed by atoms with Crippen molar-refractivity contribution in [2.45, 2.75) is 45.3 Å². The van der Waals surface area contributed by atoms with Gasteiger partial charge >= 0.3 is 6.03 Å². The van der Waals surface area contributed by atoms with Crippen LogP contribution in [0.1, 0.15) is 33.1 Å². The summed E-state index contributed by atoms with van der Waals surface area (Å²) in [4.78, 5) is 14.2. The molecule has 0 unspecified atom stereocenters. The van der Waals surface area contributed by atoms with E-state index < -0.39 is 10.0 Å². The Labute approximate surface area is 139 Å². The second-order valence-corrected chi connectivity index (χ2v) is 8.66. The Hall–Kier alpha value is -0.860. The van der Waals surface area contributed by atoms with Gasteiger partial charge in [0.25, 0.3) is 0 Å². The second kappa shape index (κ2) is 7.81. The highest BCUT2D eigenvalue weighted by molar-refractivity contribution is 7.88. The number of ether oxygens (including phenoxy) is 1. The molecule has 7 nitrogen and oxygen atoms in total. The highest BCUT2D eigenvalue weighted by Crippen LogP contribution is 2.19. The monoisotopic (exact) mass is 347 g/mol. The van der Waals surface area contributed by atoms with Crippen molar-refractivity contribution in [3.05, 3.63) is 0 Å². The summed E-state index contributed by atoms with van der Waals surface area (Å²) < 4.78 is 30.3. The molecular weight excluding hydrogens is 318 g/mol. The zero-order valence-corrected chi connectivity index (χ0v) is 15.1. The summed E-state index contributed by atoms with van der Waals surface area (Å²) in [5.41, 5.74) is 0. The van der Waals surface area contributed by atoms with Gasteiger partial charge in [0.15, 0.2) is 0 Å². The number of sulfonamides is 1. The molecule has 2 rings (SSSR count). The fourth-order valence-corrected chi connectivity index (χ4v) is 4.10. The molecule has 0 aromatic rings. The van der Waals surface area contributed by atoms with Crippen LogP contribution in [0.3, 0.4) is 0 Å². The van der Waals surface area contributed by atoms with E-state index in [1.165, 1.54) is 10.6 Å². The Balaban J connectivity index is 1.75. The van der Waals surface area contributed by atoms with Gasteiger partial charge in [0.05, 0.1) is 18.5 Å². The molecule has 8 heteroatoms. The number of nitrogens with one attached hydrogen (secondary N) is 1. The first-order valence-electron chi connectivity index (χ1n) is 8.43. The lowest BCUT2D eigenvalue weighted by Gasteiger charge is -2.37. The van der Waals surface area contributed by atoms with Crippen molar-refractivity contribution >= 4 is 16.1 Å². The standard InChI is InChI=1S/C15H29N3O4S/c1-4-14-11-17(10-12(2)22-14)15(19)16-9-13-5-7-18(8-6-13)23(3,20)21/h12-14H,4-11H2,1-3H3,(H,16,19)/t12-,14-/m1/s1. The van der Waals surface area contributed by atoms with Gasteiger partial charge in [-0.25, -0.2) is 17.5 Å². The van der Waals surface area contributed by atoms with Crippen molar-refractivity contribution in [1.82, 2.24) is 14.5 Å². The van der Waals surface area contributed by atoms with E-state index in [9.17, 15) is 13.2 Å². The van der Waals surface area contributed by atoms with Gasteiger partial charge in [0.2, 0.25) is 10.0 Å². The summed E-state index contributed by atoms with van der Waals surface area (Å²) in [6, 6.07) is -0.0378. The predicted molar refractivity (Wildman–Crippen MR) is 88.7 cm³/mol. The van der Waals surface area contributed by atoms with E-state index in [2.05, 4.69) is 12.2 Å². The molecule has 1 N–H and O–H groups in total. The van der Waals surface area contributed by atoms with Crippen molar-refractivity contribution in [3.8, 4) is 0 Å². The fraction of sp³-hybridized carbons (Fsp3) is 0.933. The largest absolute Gasteiger partial charge is 0.372 e. The number of carbonyl (C=O) groups excluding carboxylic acids is 1. The second-order valence-electron chi connectivity index (χ2n) is 6.67. The first kappa shape index (κ1) is 18.5. The summed E-state index contributed by atoms with van der Waals surface area (Å²) in [6.07, 6.45) is 3.92. The molecule has 0 bridgehead atoms. The Morgan fingerprint density at radius 3 is 2.48 bits per heavy atom. The zero-order valence-electron chi connectivity index (χ0n) is 14.3. The summed E-state index contributed by atoms with van der Waals surface area (Å²) in [6.45, 7) is 7.02. The Kier molecular flexibility index (Phi) is 6.27. The number of nitrogens with zero attached hydrogens (tertiary/aromatic N) is 2. The van der Waals surface area contributed by atoms with Gasteiger partial charge in [-0.05, 0) is 32.1 Å². The van der Waals surface area contributed by atoms with Crippen molar-refractivity contribution in [2.75, 3.05) is 39.0 Å². The molecular formula is C15H29N3O4S. The van der Waals surface area contributed by atoms with Crippen LogP contribution in [0.15, 0.2) is 0 Å². The van der Waals surface area contributed by atoms with E-state index >= 15 is 0 Å². The molecule has 2 atom stereocenters. The van der Waals surface area contributed by atoms with E-state index in [-0.39, 0.29) is 18.2 Å². The van der Waals surface area contributed by atoms with Crippen LogP contribution in [-0.4, -0.2) is 74.8 Å². The molecule has 0 radical (unpaired) electrons. The van der Waals surface area contributed by atoms with E-state index in [1.54, 1.807) is 0 Å². The van der Waals surface area contributed by atoms with E-state index in [1.807, 2.05) is 11.8 Å². The normalized spacial score (nSPS) is 27.9. The van der Waals surface area contributed by atoms with Gasteiger partial charge < -0.3 is 15.0 Å². The minimum atomic E-state index is -3.09. The van der Waals surface area contributed by atoms with Gasteiger partial charge in [0.1, 0.15) is 0 Å². The van der Waals surface area contributed by atoms with Crippen LogP contribution in [0.25, 0.3) is 0 Å². The smallest absolute Gasteiger partial charge is 0.317 e. The maximum atomic E-state index is 12.3. The van der Waals surface area contributed by atoms with Crippen molar-refractivity contribution in [3.63, 3.8) is 0 Å². The van der Waals surface area contributed by atoms with Gasteiger partial charge in [-0.1, -0.05) is 6.92 Å². The van der Waals surface area contributed by atoms with Gasteiger partial charge in [-0.15, -0.1) is 0 Å². The van der Waals surface area contributed by atoms with Gasteiger partial charge in [0, 0.05) is 32.7 Å². The summed E-state index contributed by atoms with van der Waals surface area (Å²) in [5, 5.41) is 3.00. The molecule has 2 fully saturated rings. The molecule has 2 amide bonds. The van der Waals surface area contributed by atoms with Crippen LogP contribution in [0.2, 0.25) is 0 Å². The quantitative estimate of drug-likeness (QED) is 0.818. The molecule has 23 heavy (non-hydrogen) atoms. The van der Waals surface area contributed by atoms with Crippen LogP contribution in [0, 0.1) is 5.92 Å². The number of amides is 2. The lowest BCUT2D eigenvalue weighted by molar-refractivity contribution is -0.0646. The minimum absolute atomic E-state index is 0.0378. The lowest BCUT2D eigenvalue weighted by Crippen LogP contribution is -2.53. The van der Waals surface area contributed by atoms with Crippen LogP contribution in [0.4, 0.5) is 4.79 Å². The van der Waals surface area contributed by atoms with Gasteiger partial charge in [-0.2, -0.15) is 0 Å². The number of hydrogen-bond acceptors (Lipinski definition) is 4. The molecule has 0 saturated carbocycles. The summed E-state index contributed by atoms with van der Waals surface area (Å²) >= 11 is 0. The number of hydrogen-bond donors (Lipinski definition) is 1. The average Bonchev–Trinajstić information content (AvgIpc) is 2.51. The average molecular weight is 347 g/mol. The molecule has 0 aliphatic carbocycles. The zero-order chi connectivity index (χ0) is 17.0. The molecule has 2 aliphatic heterocycles. The first-order valence-corrected chi connectivity index (χ1v) is 10.3. The van der Waals surface area contributed by atoms with E-state index in [0.29, 0.717) is 38.6 Å². The molecule has 0 aromatic carbocycles. The van der Waals surface area contributed by atoms with Crippen molar-refractivity contribution in [1.29, 1.82) is 0 Å². The Morgan fingerprint density at radius 1 is 1.26 bits per heavy atom. The van der Waals surface area contributed by atoms with E-state index in [4.69, 9.17) is 4.74 Å². The SMILES string of the molecule is CC[C@@H]1CN(C(=O)NCC2CCN(S(C)(=O)=O)CC2)C[C@@H](C)O1.